The predicted octanol–water partition coefficient (Wildman–Crippen LogP) is 4.56. The van der Waals surface area contributed by atoms with Crippen molar-refractivity contribution in [3.63, 3.8) is 0 Å². The highest BCUT2D eigenvalue weighted by Gasteiger charge is 2.12. The van der Waals surface area contributed by atoms with E-state index in [4.69, 9.17) is 4.74 Å². The van der Waals surface area contributed by atoms with Crippen molar-refractivity contribution in [2.45, 2.75) is 19.8 Å². The number of carbonyl (C=O) groups excluding carboxylic acids is 1. The van der Waals surface area contributed by atoms with Crippen LogP contribution in [0.15, 0.2) is 59.6 Å². The monoisotopic (exact) mass is 319 g/mol. The van der Waals surface area contributed by atoms with Gasteiger partial charge < -0.3 is 4.74 Å². The number of hydrogen-bond acceptors (Lipinski definition) is 3. The first-order chi connectivity index (χ1) is 11.8. The van der Waals surface area contributed by atoms with Crippen molar-refractivity contribution >= 4 is 17.6 Å². The van der Waals surface area contributed by atoms with Gasteiger partial charge in [-0.3, -0.25) is 9.79 Å². The first-order valence-corrected chi connectivity index (χ1v) is 8.34. The van der Waals surface area contributed by atoms with E-state index >= 15 is 0 Å². The maximum absolute atomic E-state index is 10.7. The lowest BCUT2D eigenvalue weighted by atomic mass is 10.0. The van der Waals surface area contributed by atoms with Gasteiger partial charge in [0.15, 0.2) is 0 Å². The van der Waals surface area contributed by atoms with Gasteiger partial charge >= 0.3 is 0 Å². The number of nitrogens with zero attached hydrogens (tertiary/aromatic N) is 1. The largest absolute Gasteiger partial charge is 0.494 e. The van der Waals surface area contributed by atoms with Crippen LogP contribution in [-0.4, -0.2) is 25.1 Å². The van der Waals surface area contributed by atoms with Gasteiger partial charge in [-0.05, 0) is 41.3 Å². The smallest absolute Gasteiger partial charge is 0.150 e. The fourth-order valence-corrected chi connectivity index (χ4v) is 2.61. The molecule has 122 valence electrons. The second kappa shape index (κ2) is 7.73. The number of hydrogen-bond donors (Lipinski definition) is 0. The van der Waals surface area contributed by atoms with Gasteiger partial charge in [-0.15, -0.1) is 0 Å². The Balaban J connectivity index is 1.68. The van der Waals surface area contributed by atoms with E-state index in [1.54, 1.807) is 0 Å². The summed E-state index contributed by atoms with van der Waals surface area (Å²) in [6.45, 7) is 3.60. The summed E-state index contributed by atoms with van der Waals surface area (Å²) in [5.74, 6) is 0.913. The summed E-state index contributed by atoms with van der Waals surface area (Å²) in [7, 11) is 0. The van der Waals surface area contributed by atoms with Crippen LogP contribution in [0.1, 0.15) is 41.3 Å². The number of carbonyl (C=O) groups is 1. The molecule has 3 heteroatoms. The molecule has 1 aliphatic heterocycles. The molecular formula is C21H21NO2. The maximum Gasteiger partial charge on any atom is 0.150 e. The molecule has 0 saturated carbocycles. The fraction of sp³-hybridized carbons (Fsp3) is 0.238. The molecule has 0 saturated heterocycles. The van der Waals surface area contributed by atoms with Crippen LogP contribution in [0.2, 0.25) is 0 Å². The van der Waals surface area contributed by atoms with Crippen LogP contribution in [0.5, 0.6) is 5.75 Å². The summed E-state index contributed by atoms with van der Waals surface area (Å²) in [6, 6.07) is 15.7. The Bertz CT molecular complexity index is 755. The molecule has 0 N–H and O–H groups in total. The molecule has 0 spiro atoms. The number of aliphatic imine (C=N–C) groups is 1. The highest BCUT2D eigenvalue weighted by Crippen LogP contribution is 2.24. The molecule has 0 atom stereocenters. The Morgan fingerprint density at radius 3 is 2.42 bits per heavy atom. The molecule has 2 aromatic rings. The van der Waals surface area contributed by atoms with Crippen molar-refractivity contribution in [3.8, 4) is 5.75 Å². The third-order valence-electron chi connectivity index (χ3n) is 4.06. The number of allylic oxidation sites excluding steroid dienone is 1. The first kappa shape index (κ1) is 16.2. The zero-order valence-electron chi connectivity index (χ0n) is 13.9. The summed E-state index contributed by atoms with van der Waals surface area (Å²) in [5.41, 5.74) is 5.05. The van der Waals surface area contributed by atoms with Gasteiger partial charge in [-0.25, -0.2) is 0 Å². The quantitative estimate of drug-likeness (QED) is 0.554. The highest BCUT2D eigenvalue weighted by atomic mass is 16.5. The van der Waals surface area contributed by atoms with Gasteiger partial charge in [0.1, 0.15) is 12.0 Å². The van der Waals surface area contributed by atoms with Gasteiger partial charge in [-0.2, -0.15) is 0 Å². The molecule has 0 aliphatic carbocycles. The molecule has 1 heterocycles. The minimum Gasteiger partial charge on any atom is -0.494 e. The number of aldehydes is 1. The molecule has 24 heavy (non-hydrogen) atoms. The fourth-order valence-electron chi connectivity index (χ4n) is 2.61. The van der Waals surface area contributed by atoms with Crippen LogP contribution in [0.4, 0.5) is 0 Å². The lowest BCUT2D eigenvalue weighted by Gasteiger charge is -2.06. The molecule has 2 aromatic carbocycles. The average molecular weight is 319 g/mol. The topological polar surface area (TPSA) is 38.7 Å². The summed E-state index contributed by atoms with van der Waals surface area (Å²) in [6.07, 6.45) is 5.18. The van der Waals surface area contributed by atoms with Crippen molar-refractivity contribution < 1.29 is 9.53 Å². The molecular weight excluding hydrogens is 298 g/mol. The van der Waals surface area contributed by atoms with Crippen LogP contribution >= 0.6 is 0 Å². The molecule has 0 amide bonds. The number of ether oxygens (including phenoxy) is 1. The van der Waals surface area contributed by atoms with Crippen molar-refractivity contribution in [2.24, 2.45) is 4.99 Å². The summed E-state index contributed by atoms with van der Waals surface area (Å²) in [5, 5.41) is 0. The van der Waals surface area contributed by atoms with E-state index < -0.39 is 0 Å². The molecule has 1 aliphatic rings. The first-order valence-electron chi connectivity index (χ1n) is 8.34. The van der Waals surface area contributed by atoms with E-state index in [0.29, 0.717) is 12.1 Å². The Morgan fingerprint density at radius 2 is 1.75 bits per heavy atom. The lowest BCUT2D eigenvalue weighted by Crippen LogP contribution is -1.96. The molecule has 3 rings (SSSR count). The standard InChI is InChI=1S/C21H21NO2/c1-2-3-12-24-20-10-8-17(9-11-20)19-13-21(22-14-19)18-6-4-16(15-23)5-7-18/h4-11,13,15H,2-3,12,14H2,1H3. The molecule has 0 aromatic heterocycles. The third-order valence-corrected chi connectivity index (χ3v) is 4.06. The molecule has 3 nitrogen and oxygen atoms in total. The van der Waals surface area contributed by atoms with E-state index in [1.165, 1.54) is 11.1 Å². The lowest BCUT2D eigenvalue weighted by molar-refractivity contribution is 0.112. The van der Waals surface area contributed by atoms with Gasteiger partial charge in [0.25, 0.3) is 0 Å². The second-order valence-electron chi connectivity index (χ2n) is 5.84. The molecule has 0 bridgehead atoms. The summed E-state index contributed by atoms with van der Waals surface area (Å²) >= 11 is 0. The van der Waals surface area contributed by atoms with Gasteiger partial charge in [0.2, 0.25) is 0 Å². The highest BCUT2D eigenvalue weighted by molar-refractivity contribution is 6.15. The Hall–Kier alpha value is -2.68. The van der Waals surface area contributed by atoms with E-state index in [9.17, 15) is 4.79 Å². The Morgan fingerprint density at radius 1 is 1.04 bits per heavy atom. The minimum atomic E-state index is 0.681. The molecule has 0 unspecified atom stereocenters. The number of benzene rings is 2. The van der Waals surface area contributed by atoms with Crippen molar-refractivity contribution in [1.29, 1.82) is 0 Å². The maximum atomic E-state index is 10.7. The average Bonchev–Trinajstić information content (AvgIpc) is 3.13. The molecule has 0 fully saturated rings. The Kier molecular flexibility index (Phi) is 5.22. The van der Waals surface area contributed by atoms with E-state index in [0.717, 1.165) is 42.8 Å². The predicted molar refractivity (Wildman–Crippen MR) is 98.1 cm³/mol. The SMILES string of the molecule is CCCCOc1ccc(C2=CC(c3ccc(C=O)cc3)=NC2)cc1. The van der Waals surface area contributed by atoms with Crippen LogP contribution in [0.25, 0.3) is 5.57 Å². The summed E-state index contributed by atoms with van der Waals surface area (Å²) in [4.78, 5) is 15.3. The number of rotatable bonds is 7. The van der Waals surface area contributed by atoms with Gasteiger partial charge in [-0.1, -0.05) is 49.7 Å². The van der Waals surface area contributed by atoms with Crippen molar-refractivity contribution in [2.75, 3.05) is 13.2 Å². The van der Waals surface area contributed by atoms with E-state index in [-0.39, 0.29) is 0 Å². The van der Waals surface area contributed by atoms with Crippen molar-refractivity contribution in [1.82, 2.24) is 0 Å². The number of unbranched alkanes of at least 4 members (excludes halogenated alkanes) is 1. The second-order valence-corrected chi connectivity index (χ2v) is 5.84. The van der Waals surface area contributed by atoms with E-state index in [2.05, 4.69) is 30.1 Å². The Labute approximate surface area is 142 Å². The van der Waals surface area contributed by atoms with Gasteiger partial charge in [0, 0.05) is 5.56 Å². The van der Waals surface area contributed by atoms with E-state index in [1.807, 2.05) is 36.4 Å². The van der Waals surface area contributed by atoms with Gasteiger partial charge in [0.05, 0.1) is 18.9 Å². The zero-order valence-corrected chi connectivity index (χ0v) is 13.9. The van der Waals surface area contributed by atoms with Crippen LogP contribution in [0, 0.1) is 0 Å². The van der Waals surface area contributed by atoms with Crippen molar-refractivity contribution in [3.05, 3.63) is 71.3 Å². The third kappa shape index (κ3) is 3.80. The minimum absolute atomic E-state index is 0.681. The normalized spacial score (nSPS) is 13.4. The van der Waals surface area contributed by atoms with Crippen LogP contribution < -0.4 is 4.74 Å². The van der Waals surface area contributed by atoms with Crippen LogP contribution in [-0.2, 0) is 0 Å². The zero-order chi connectivity index (χ0) is 16.8. The summed E-state index contributed by atoms with van der Waals surface area (Å²) < 4.78 is 5.70. The molecule has 0 radical (unpaired) electrons. The van der Waals surface area contributed by atoms with Crippen LogP contribution in [0.3, 0.4) is 0 Å².